The van der Waals surface area contributed by atoms with Crippen molar-refractivity contribution in [3.8, 4) is 0 Å². The number of likely N-dealkylation sites (tertiary alicyclic amines) is 1. The lowest BCUT2D eigenvalue weighted by atomic mass is 9.98. The number of esters is 1. The molecule has 1 aliphatic rings. The second-order valence-electron chi connectivity index (χ2n) is 5.86. The fraction of sp³-hybridized carbons (Fsp3) is 0.500. The summed E-state index contributed by atoms with van der Waals surface area (Å²) in [6.07, 6.45) is 0.801. The Morgan fingerprint density at radius 2 is 1.96 bits per heavy atom. The topological polar surface area (TPSA) is 63.7 Å². The molecule has 1 amide bonds. The molecular weight excluding hydrogens is 294 g/mol. The van der Waals surface area contributed by atoms with E-state index in [9.17, 15) is 14.4 Å². The van der Waals surface area contributed by atoms with Crippen LogP contribution in [0.2, 0.25) is 0 Å². The summed E-state index contributed by atoms with van der Waals surface area (Å²) in [6.45, 7) is 4.51. The van der Waals surface area contributed by atoms with Crippen LogP contribution in [0.1, 0.15) is 38.2 Å². The molecule has 0 aliphatic carbocycles. The van der Waals surface area contributed by atoms with Gasteiger partial charge < -0.3 is 9.64 Å². The van der Waals surface area contributed by atoms with E-state index in [0.29, 0.717) is 19.0 Å². The SMILES string of the molecule is CCOC(=O)[C@H](CC(=O)N1CC[C@H](c2ccccc2)C1)C(C)=O. The summed E-state index contributed by atoms with van der Waals surface area (Å²) < 4.78 is 4.89. The number of amides is 1. The molecule has 2 rings (SSSR count). The van der Waals surface area contributed by atoms with Crippen LogP contribution in [-0.2, 0) is 19.1 Å². The molecule has 124 valence electrons. The van der Waals surface area contributed by atoms with E-state index in [0.717, 1.165) is 6.42 Å². The number of carbonyl (C=O) groups excluding carboxylic acids is 3. The Labute approximate surface area is 136 Å². The van der Waals surface area contributed by atoms with E-state index in [4.69, 9.17) is 4.74 Å². The summed E-state index contributed by atoms with van der Waals surface area (Å²) in [7, 11) is 0. The van der Waals surface area contributed by atoms with Gasteiger partial charge in [0.2, 0.25) is 5.91 Å². The van der Waals surface area contributed by atoms with Gasteiger partial charge in [-0.1, -0.05) is 30.3 Å². The molecule has 1 fully saturated rings. The molecule has 5 nitrogen and oxygen atoms in total. The molecule has 0 saturated carbocycles. The fourth-order valence-electron chi connectivity index (χ4n) is 2.92. The smallest absolute Gasteiger partial charge is 0.316 e. The molecule has 1 aromatic rings. The monoisotopic (exact) mass is 317 g/mol. The minimum Gasteiger partial charge on any atom is -0.465 e. The zero-order valence-corrected chi connectivity index (χ0v) is 13.7. The Kier molecular flexibility index (Phi) is 5.90. The maximum atomic E-state index is 12.4. The Morgan fingerprint density at radius 1 is 1.26 bits per heavy atom. The van der Waals surface area contributed by atoms with Crippen molar-refractivity contribution >= 4 is 17.7 Å². The summed E-state index contributed by atoms with van der Waals surface area (Å²) in [5.41, 5.74) is 1.22. The van der Waals surface area contributed by atoms with Gasteiger partial charge >= 0.3 is 5.97 Å². The van der Waals surface area contributed by atoms with Crippen LogP contribution in [0.3, 0.4) is 0 Å². The van der Waals surface area contributed by atoms with Crippen molar-refractivity contribution in [3.05, 3.63) is 35.9 Å². The Hall–Kier alpha value is -2.17. The summed E-state index contributed by atoms with van der Waals surface area (Å²) in [6, 6.07) is 10.1. The van der Waals surface area contributed by atoms with Crippen LogP contribution < -0.4 is 0 Å². The molecular formula is C18H23NO4. The highest BCUT2D eigenvalue weighted by Crippen LogP contribution is 2.27. The normalized spacial score (nSPS) is 18.5. The third-order valence-electron chi connectivity index (χ3n) is 4.25. The molecule has 2 atom stereocenters. The van der Waals surface area contributed by atoms with Crippen molar-refractivity contribution in [1.29, 1.82) is 0 Å². The van der Waals surface area contributed by atoms with Crippen molar-refractivity contribution in [2.45, 2.75) is 32.6 Å². The number of ether oxygens (including phenoxy) is 1. The van der Waals surface area contributed by atoms with E-state index >= 15 is 0 Å². The number of rotatable bonds is 6. The first-order valence-electron chi connectivity index (χ1n) is 8.02. The second kappa shape index (κ2) is 7.90. The summed E-state index contributed by atoms with van der Waals surface area (Å²) in [5, 5.41) is 0. The van der Waals surface area contributed by atoms with Crippen LogP contribution in [0.15, 0.2) is 30.3 Å². The molecule has 1 aromatic carbocycles. The molecule has 0 radical (unpaired) electrons. The summed E-state index contributed by atoms with van der Waals surface area (Å²) in [5.74, 6) is -1.75. The lowest BCUT2D eigenvalue weighted by Crippen LogP contribution is -2.34. The van der Waals surface area contributed by atoms with Crippen LogP contribution in [0.4, 0.5) is 0 Å². The third-order valence-corrected chi connectivity index (χ3v) is 4.25. The first-order valence-corrected chi connectivity index (χ1v) is 8.02. The maximum Gasteiger partial charge on any atom is 0.316 e. The number of ketones is 1. The molecule has 0 spiro atoms. The summed E-state index contributed by atoms with van der Waals surface area (Å²) >= 11 is 0. The molecule has 0 bridgehead atoms. The van der Waals surface area contributed by atoms with E-state index < -0.39 is 11.9 Å². The van der Waals surface area contributed by atoms with Crippen LogP contribution in [0, 0.1) is 5.92 Å². The van der Waals surface area contributed by atoms with Crippen molar-refractivity contribution in [2.75, 3.05) is 19.7 Å². The number of hydrogen-bond donors (Lipinski definition) is 0. The van der Waals surface area contributed by atoms with Gasteiger partial charge in [-0.3, -0.25) is 14.4 Å². The minimum absolute atomic E-state index is 0.102. The molecule has 0 unspecified atom stereocenters. The van der Waals surface area contributed by atoms with Crippen molar-refractivity contribution in [2.24, 2.45) is 5.92 Å². The molecule has 1 aliphatic heterocycles. The van der Waals surface area contributed by atoms with Gasteiger partial charge in [-0.15, -0.1) is 0 Å². The largest absolute Gasteiger partial charge is 0.465 e. The average molecular weight is 317 g/mol. The van der Waals surface area contributed by atoms with E-state index in [1.165, 1.54) is 12.5 Å². The molecule has 23 heavy (non-hydrogen) atoms. The fourth-order valence-corrected chi connectivity index (χ4v) is 2.92. The van der Waals surface area contributed by atoms with E-state index in [-0.39, 0.29) is 24.7 Å². The van der Waals surface area contributed by atoms with Gasteiger partial charge in [0.25, 0.3) is 0 Å². The highest BCUT2D eigenvalue weighted by atomic mass is 16.5. The van der Waals surface area contributed by atoms with Gasteiger partial charge in [0.05, 0.1) is 6.61 Å². The van der Waals surface area contributed by atoms with E-state index in [2.05, 4.69) is 12.1 Å². The van der Waals surface area contributed by atoms with Crippen LogP contribution in [0.25, 0.3) is 0 Å². The van der Waals surface area contributed by atoms with Crippen LogP contribution >= 0.6 is 0 Å². The quantitative estimate of drug-likeness (QED) is 0.596. The average Bonchev–Trinajstić information content (AvgIpc) is 3.03. The summed E-state index contributed by atoms with van der Waals surface area (Å²) in [4.78, 5) is 37.6. The predicted octanol–water partition coefficient (Wildman–Crippen LogP) is 2.16. The van der Waals surface area contributed by atoms with Gasteiger partial charge in [-0.05, 0) is 25.8 Å². The van der Waals surface area contributed by atoms with Gasteiger partial charge in [0.1, 0.15) is 11.7 Å². The van der Waals surface area contributed by atoms with Crippen molar-refractivity contribution < 1.29 is 19.1 Å². The van der Waals surface area contributed by atoms with E-state index in [1.807, 2.05) is 18.2 Å². The van der Waals surface area contributed by atoms with E-state index in [1.54, 1.807) is 11.8 Å². The zero-order chi connectivity index (χ0) is 16.8. The van der Waals surface area contributed by atoms with Crippen LogP contribution in [0.5, 0.6) is 0 Å². The van der Waals surface area contributed by atoms with Gasteiger partial charge in [-0.25, -0.2) is 0 Å². The first-order chi connectivity index (χ1) is 11.0. The van der Waals surface area contributed by atoms with Gasteiger partial charge in [0.15, 0.2) is 0 Å². The molecule has 0 N–H and O–H groups in total. The lowest BCUT2D eigenvalue weighted by molar-refractivity contribution is -0.154. The minimum atomic E-state index is -0.988. The predicted molar refractivity (Wildman–Crippen MR) is 85.8 cm³/mol. The molecule has 0 aromatic heterocycles. The number of hydrogen-bond acceptors (Lipinski definition) is 4. The Balaban J connectivity index is 1.95. The van der Waals surface area contributed by atoms with Crippen molar-refractivity contribution in [3.63, 3.8) is 0 Å². The van der Waals surface area contributed by atoms with Gasteiger partial charge in [-0.2, -0.15) is 0 Å². The highest BCUT2D eigenvalue weighted by molar-refractivity contribution is 6.01. The molecule has 1 heterocycles. The lowest BCUT2D eigenvalue weighted by Gasteiger charge is -2.19. The second-order valence-corrected chi connectivity index (χ2v) is 5.86. The maximum absolute atomic E-state index is 12.4. The van der Waals surface area contributed by atoms with Crippen LogP contribution in [-0.4, -0.2) is 42.3 Å². The molecule has 1 saturated heterocycles. The Bertz CT molecular complexity index is 570. The third kappa shape index (κ3) is 4.41. The first kappa shape index (κ1) is 17.2. The van der Waals surface area contributed by atoms with Crippen molar-refractivity contribution in [1.82, 2.24) is 4.90 Å². The molecule has 5 heteroatoms. The number of benzene rings is 1. The van der Waals surface area contributed by atoms with Gasteiger partial charge in [0, 0.05) is 25.4 Å². The number of Topliss-reactive ketones (excluding diaryl/α,β-unsaturated/α-hetero) is 1. The highest BCUT2D eigenvalue weighted by Gasteiger charge is 2.33. The number of nitrogens with zero attached hydrogens (tertiary/aromatic N) is 1. The number of carbonyl (C=O) groups is 3. The standard InChI is InChI=1S/C18H23NO4/c1-3-23-18(22)16(13(2)20)11-17(21)19-10-9-15(12-19)14-7-5-4-6-8-14/h4-8,15-16H,3,9-12H2,1-2H3/t15-,16+/m0/s1. The Morgan fingerprint density at radius 3 is 2.57 bits per heavy atom. The zero-order valence-electron chi connectivity index (χ0n) is 13.7.